The second-order valence-electron chi connectivity index (χ2n) is 12.6. The molecule has 0 saturated carbocycles. The summed E-state index contributed by atoms with van der Waals surface area (Å²) in [6.45, 7) is 7.32. The molecular formula is C37H30F6N3+. The van der Waals surface area contributed by atoms with Crippen LogP contribution in [0.2, 0.25) is 0 Å². The molecule has 0 fully saturated rings. The molecule has 0 bridgehead atoms. The quantitative estimate of drug-likeness (QED) is 0.154. The van der Waals surface area contributed by atoms with Crippen LogP contribution in [0.3, 0.4) is 0 Å². The number of benzene rings is 3. The summed E-state index contributed by atoms with van der Waals surface area (Å²) in [5.74, 6) is -0.315. The van der Waals surface area contributed by atoms with Gasteiger partial charge in [0.2, 0.25) is 11.4 Å². The highest BCUT2D eigenvalue weighted by Crippen LogP contribution is 2.53. The van der Waals surface area contributed by atoms with Gasteiger partial charge >= 0.3 is 12.4 Å². The number of alkyl halides is 6. The summed E-state index contributed by atoms with van der Waals surface area (Å²) in [6, 6.07) is 19.0. The Morgan fingerprint density at radius 2 is 1.63 bits per heavy atom. The molecule has 0 aliphatic carbocycles. The molecule has 234 valence electrons. The first kappa shape index (κ1) is 28.9. The predicted molar refractivity (Wildman–Crippen MR) is 163 cm³/mol. The largest absolute Gasteiger partial charge is 0.417 e. The monoisotopic (exact) mass is 630 g/mol. The van der Waals surface area contributed by atoms with E-state index in [0.29, 0.717) is 17.5 Å². The molecule has 3 nitrogen and oxygen atoms in total. The van der Waals surface area contributed by atoms with Gasteiger partial charge in [-0.1, -0.05) is 48.5 Å². The highest BCUT2D eigenvalue weighted by molar-refractivity contribution is 5.72. The van der Waals surface area contributed by atoms with Crippen LogP contribution in [-0.4, -0.2) is 22.4 Å². The Morgan fingerprint density at radius 1 is 0.848 bits per heavy atom. The molecule has 4 aliphatic heterocycles. The van der Waals surface area contributed by atoms with E-state index in [-0.39, 0.29) is 42.1 Å². The lowest BCUT2D eigenvalue weighted by atomic mass is 9.75. The third-order valence-electron chi connectivity index (χ3n) is 10.2. The second kappa shape index (κ2) is 9.98. The highest BCUT2D eigenvalue weighted by Gasteiger charge is 2.51. The van der Waals surface area contributed by atoms with Crippen LogP contribution in [0.4, 0.5) is 26.3 Å². The Hall–Kier alpha value is -4.53. The van der Waals surface area contributed by atoms with Crippen LogP contribution >= 0.6 is 0 Å². The van der Waals surface area contributed by atoms with E-state index < -0.39 is 23.5 Å². The Kier molecular flexibility index (Phi) is 6.27. The van der Waals surface area contributed by atoms with E-state index in [2.05, 4.69) is 28.6 Å². The predicted octanol–water partition coefficient (Wildman–Crippen LogP) is 8.88. The Bertz CT molecular complexity index is 1940. The van der Waals surface area contributed by atoms with Gasteiger partial charge in [0.05, 0.1) is 16.7 Å². The molecule has 0 amide bonds. The van der Waals surface area contributed by atoms with Crippen molar-refractivity contribution >= 4 is 5.70 Å². The van der Waals surface area contributed by atoms with Gasteiger partial charge in [-0.05, 0) is 72.7 Å². The SMILES string of the molecule is C=C1C2C(CCc3c(ccc(C(F)(F)F)c3C(F)(F)F)-c3cc(C)c(-c4ccccc4)c[n+]31)c1cccc3c1C1N(C=CN21)CC3. The van der Waals surface area contributed by atoms with Gasteiger partial charge in [-0.2, -0.15) is 30.9 Å². The van der Waals surface area contributed by atoms with Gasteiger partial charge in [-0.15, -0.1) is 0 Å². The minimum Gasteiger partial charge on any atom is -0.352 e. The van der Waals surface area contributed by atoms with E-state index in [0.717, 1.165) is 40.8 Å². The number of pyridine rings is 1. The molecule has 5 heterocycles. The maximum Gasteiger partial charge on any atom is 0.417 e. The van der Waals surface area contributed by atoms with Gasteiger partial charge in [-0.3, -0.25) is 0 Å². The molecule has 8 rings (SSSR count). The third-order valence-corrected chi connectivity index (χ3v) is 10.2. The van der Waals surface area contributed by atoms with Crippen LogP contribution in [0, 0.1) is 6.92 Å². The molecule has 0 saturated heterocycles. The summed E-state index contributed by atoms with van der Waals surface area (Å²) >= 11 is 0. The summed E-state index contributed by atoms with van der Waals surface area (Å²) in [7, 11) is 0. The van der Waals surface area contributed by atoms with Crippen molar-refractivity contribution in [1.29, 1.82) is 0 Å². The zero-order chi connectivity index (χ0) is 32.1. The van der Waals surface area contributed by atoms with E-state index in [1.165, 1.54) is 11.6 Å². The highest BCUT2D eigenvalue weighted by atomic mass is 19.4. The van der Waals surface area contributed by atoms with Crippen molar-refractivity contribution in [1.82, 2.24) is 9.80 Å². The van der Waals surface area contributed by atoms with E-state index >= 15 is 0 Å². The van der Waals surface area contributed by atoms with Crippen LogP contribution < -0.4 is 4.57 Å². The average molecular weight is 631 g/mol. The molecular weight excluding hydrogens is 600 g/mol. The number of hydrogen-bond acceptors (Lipinski definition) is 2. The number of aromatic nitrogens is 1. The van der Waals surface area contributed by atoms with Gasteiger partial charge in [0.15, 0.2) is 6.20 Å². The first-order chi connectivity index (χ1) is 21.9. The fraction of sp³-hybridized carbons (Fsp3) is 0.270. The number of halogens is 6. The minimum absolute atomic E-state index is 0.0771. The van der Waals surface area contributed by atoms with Gasteiger partial charge < -0.3 is 9.80 Å². The minimum atomic E-state index is -5.22. The fourth-order valence-electron chi connectivity index (χ4n) is 8.26. The Morgan fingerprint density at radius 3 is 2.37 bits per heavy atom. The third kappa shape index (κ3) is 4.23. The zero-order valence-corrected chi connectivity index (χ0v) is 25.0. The van der Waals surface area contributed by atoms with Crippen LogP contribution in [0.15, 0.2) is 91.9 Å². The summed E-state index contributed by atoms with van der Waals surface area (Å²) in [5.41, 5.74) is 3.53. The molecule has 0 spiro atoms. The molecule has 0 radical (unpaired) electrons. The van der Waals surface area contributed by atoms with E-state index in [1.54, 1.807) is 6.07 Å². The standard InChI is InChI=1S/C37H30F6N3/c1-21-19-31-25-13-14-30(36(38,39)40)33(37(41,42)43)27(25)11-12-28-26-10-6-9-24-15-16-44-17-18-45(35(44)32(24)26)34(28)22(2)46(31)20-29(21)23-7-4-3-5-8-23/h3-10,13-14,17-20,28,34-35H,2,11-12,15-16H2,1H3/q+1. The topological polar surface area (TPSA) is 10.4 Å². The molecule has 4 aliphatic rings. The summed E-state index contributed by atoms with van der Waals surface area (Å²) in [6.07, 6.45) is -3.60. The Labute approximate surface area is 262 Å². The normalized spacial score (nSPS) is 21.5. The lowest BCUT2D eigenvalue weighted by Crippen LogP contribution is -2.53. The average Bonchev–Trinajstić information content (AvgIpc) is 3.47. The van der Waals surface area contributed by atoms with Crippen LogP contribution in [0.25, 0.3) is 28.1 Å². The van der Waals surface area contributed by atoms with Crippen molar-refractivity contribution in [2.24, 2.45) is 0 Å². The summed E-state index contributed by atoms with van der Waals surface area (Å²) in [4.78, 5) is 4.53. The Balaban J connectivity index is 1.44. The van der Waals surface area contributed by atoms with Crippen molar-refractivity contribution in [2.75, 3.05) is 6.54 Å². The number of nitrogens with zero attached hydrogens (tertiary/aromatic N) is 3. The van der Waals surface area contributed by atoms with E-state index in [1.807, 2.05) is 66.4 Å². The molecule has 3 atom stereocenters. The number of aryl methyl sites for hydroxylation is 1. The van der Waals surface area contributed by atoms with E-state index in [9.17, 15) is 26.3 Å². The lowest BCUT2D eigenvalue weighted by Gasteiger charge is -2.48. The van der Waals surface area contributed by atoms with E-state index in [4.69, 9.17) is 0 Å². The van der Waals surface area contributed by atoms with Crippen LogP contribution in [0.5, 0.6) is 0 Å². The van der Waals surface area contributed by atoms with Crippen molar-refractivity contribution in [3.63, 3.8) is 0 Å². The van der Waals surface area contributed by atoms with Crippen molar-refractivity contribution in [2.45, 2.75) is 56.7 Å². The van der Waals surface area contributed by atoms with Gasteiger partial charge in [0.25, 0.3) is 0 Å². The molecule has 46 heavy (non-hydrogen) atoms. The van der Waals surface area contributed by atoms with Crippen molar-refractivity contribution in [3.8, 4) is 22.4 Å². The smallest absolute Gasteiger partial charge is 0.352 e. The number of hydrogen-bond donors (Lipinski definition) is 0. The maximum absolute atomic E-state index is 14.8. The molecule has 4 aromatic rings. The number of rotatable bonds is 1. The summed E-state index contributed by atoms with van der Waals surface area (Å²) in [5, 5.41) is 0. The lowest BCUT2D eigenvalue weighted by molar-refractivity contribution is -0.573. The van der Waals surface area contributed by atoms with Gasteiger partial charge in [0.1, 0.15) is 12.2 Å². The first-order valence-corrected chi connectivity index (χ1v) is 15.4. The molecule has 0 N–H and O–H groups in total. The number of fused-ring (bicyclic) bond motifs is 6. The molecule has 9 heteroatoms. The molecule has 3 aromatic carbocycles. The maximum atomic E-state index is 14.8. The van der Waals surface area contributed by atoms with Gasteiger partial charge in [-0.25, -0.2) is 0 Å². The van der Waals surface area contributed by atoms with Crippen molar-refractivity contribution in [3.05, 3.63) is 131 Å². The molecule has 1 aromatic heterocycles. The first-order valence-electron chi connectivity index (χ1n) is 15.4. The van der Waals surface area contributed by atoms with Crippen LogP contribution in [0.1, 0.15) is 57.4 Å². The van der Waals surface area contributed by atoms with Gasteiger partial charge in [0, 0.05) is 42.1 Å². The molecule has 3 unspecified atom stereocenters. The van der Waals surface area contributed by atoms with Crippen molar-refractivity contribution < 1.29 is 30.9 Å². The second-order valence-corrected chi connectivity index (χ2v) is 12.6. The summed E-state index contributed by atoms with van der Waals surface area (Å²) < 4.78 is 89.0. The zero-order valence-electron chi connectivity index (χ0n) is 25.0. The fourth-order valence-corrected chi connectivity index (χ4v) is 8.26. The van der Waals surface area contributed by atoms with Crippen LogP contribution in [-0.2, 0) is 25.2 Å².